The second kappa shape index (κ2) is 4.14. The fourth-order valence-corrected chi connectivity index (χ4v) is 0.319. The molecule has 0 radical (unpaired) electrons. The van der Waals surface area contributed by atoms with Gasteiger partial charge >= 0.3 is 0 Å². The van der Waals surface area contributed by atoms with Crippen LogP contribution in [0.2, 0.25) is 0 Å². The summed E-state index contributed by atoms with van der Waals surface area (Å²) < 4.78 is 0. The molecule has 0 rings (SSSR count). The topological polar surface area (TPSA) is 84.6 Å². The largest absolute Gasteiger partial charge is 0.396 e. The average molecular weight is 131 g/mol. The van der Waals surface area contributed by atoms with Gasteiger partial charge in [0, 0.05) is 13.2 Å². The van der Waals surface area contributed by atoms with Crippen molar-refractivity contribution < 1.29 is 5.11 Å². The van der Waals surface area contributed by atoms with Gasteiger partial charge in [0.25, 0.3) is 0 Å². The number of nitrogens with zero attached hydrogens (tertiary/aromatic N) is 1. The van der Waals surface area contributed by atoms with E-state index in [4.69, 9.17) is 16.6 Å². The molecule has 0 bridgehead atoms. The van der Waals surface area contributed by atoms with Gasteiger partial charge in [-0.1, -0.05) is 6.92 Å². The molecule has 4 nitrogen and oxygen atoms in total. The predicted octanol–water partition coefficient (Wildman–Crippen LogP) is -1.11. The molecule has 0 aliphatic carbocycles. The van der Waals surface area contributed by atoms with Crippen molar-refractivity contribution in [2.75, 3.05) is 13.2 Å². The van der Waals surface area contributed by atoms with E-state index in [9.17, 15) is 0 Å². The molecular formula is C5H13N3O. The standard InChI is InChI=1S/C5H13N3O/c1-4(3-9)2-8-5(6)7/h4,9H,2-3H2,1H3,(H4,6,7,8)/t4-/m0/s1. The lowest BCUT2D eigenvalue weighted by atomic mass is 10.2. The van der Waals surface area contributed by atoms with E-state index in [1.54, 1.807) is 0 Å². The van der Waals surface area contributed by atoms with Crippen LogP contribution in [0.15, 0.2) is 4.99 Å². The molecule has 0 aliphatic rings. The molecule has 54 valence electrons. The van der Waals surface area contributed by atoms with Gasteiger partial charge in [-0.05, 0) is 5.92 Å². The number of hydrogen-bond acceptors (Lipinski definition) is 2. The fraction of sp³-hybridized carbons (Fsp3) is 0.800. The van der Waals surface area contributed by atoms with Crippen LogP contribution in [0.4, 0.5) is 0 Å². The van der Waals surface area contributed by atoms with E-state index in [0.29, 0.717) is 6.54 Å². The normalized spacial score (nSPS) is 12.7. The van der Waals surface area contributed by atoms with Crippen molar-refractivity contribution in [1.29, 1.82) is 0 Å². The van der Waals surface area contributed by atoms with Crippen molar-refractivity contribution in [3.8, 4) is 0 Å². The van der Waals surface area contributed by atoms with Gasteiger partial charge < -0.3 is 16.6 Å². The highest BCUT2D eigenvalue weighted by molar-refractivity contribution is 5.75. The Morgan fingerprint density at radius 2 is 2.22 bits per heavy atom. The van der Waals surface area contributed by atoms with Crippen molar-refractivity contribution >= 4 is 5.96 Å². The van der Waals surface area contributed by atoms with E-state index in [2.05, 4.69) is 4.99 Å². The molecule has 0 aliphatic heterocycles. The zero-order valence-electron chi connectivity index (χ0n) is 5.54. The van der Waals surface area contributed by atoms with Crippen LogP contribution in [0.1, 0.15) is 6.92 Å². The van der Waals surface area contributed by atoms with Crippen LogP contribution in [0.25, 0.3) is 0 Å². The lowest BCUT2D eigenvalue weighted by Gasteiger charge is -2.01. The maximum absolute atomic E-state index is 8.50. The van der Waals surface area contributed by atoms with E-state index >= 15 is 0 Å². The van der Waals surface area contributed by atoms with Crippen molar-refractivity contribution in [1.82, 2.24) is 0 Å². The zero-order valence-corrected chi connectivity index (χ0v) is 5.54. The summed E-state index contributed by atoms with van der Waals surface area (Å²) in [5, 5.41) is 8.50. The summed E-state index contributed by atoms with van der Waals surface area (Å²) in [6.07, 6.45) is 0. The number of guanidine groups is 1. The highest BCUT2D eigenvalue weighted by Crippen LogP contribution is 1.90. The Bertz CT molecular complexity index is 98.4. The van der Waals surface area contributed by atoms with E-state index in [0.717, 1.165) is 0 Å². The molecule has 0 saturated heterocycles. The first-order valence-corrected chi connectivity index (χ1v) is 2.83. The summed E-state index contributed by atoms with van der Waals surface area (Å²) in [5.41, 5.74) is 10.1. The van der Waals surface area contributed by atoms with Crippen molar-refractivity contribution in [3.05, 3.63) is 0 Å². The van der Waals surface area contributed by atoms with Crippen molar-refractivity contribution in [2.24, 2.45) is 22.4 Å². The Morgan fingerprint density at radius 3 is 2.56 bits per heavy atom. The number of aliphatic imine (C=N–C) groups is 1. The summed E-state index contributed by atoms with van der Waals surface area (Å²) >= 11 is 0. The van der Waals surface area contributed by atoms with E-state index in [-0.39, 0.29) is 18.5 Å². The molecule has 0 fully saturated rings. The lowest BCUT2D eigenvalue weighted by molar-refractivity contribution is 0.242. The number of rotatable bonds is 3. The Balaban J connectivity index is 3.37. The summed E-state index contributed by atoms with van der Waals surface area (Å²) in [7, 11) is 0. The van der Waals surface area contributed by atoms with Crippen molar-refractivity contribution in [2.45, 2.75) is 6.92 Å². The van der Waals surface area contributed by atoms with Gasteiger partial charge in [0.1, 0.15) is 0 Å². The summed E-state index contributed by atoms with van der Waals surface area (Å²) in [5.74, 6) is 0.224. The number of hydrogen-bond donors (Lipinski definition) is 3. The lowest BCUT2D eigenvalue weighted by Crippen LogP contribution is -2.24. The monoisotopic (exact) mass is 131 g/mol. The van der Waals surface area contributed by atoms with E-state index < -0.39 is 0 Å². The third-order valence-corrected chi connectivity index (χ3v) is 0.897. The third kappa shape index (κ3) is 5.10. The van der Waals surface area contributed by atoms with Crippen LogP contribution in [0, 0.1) is 5.92 Å². The minimum absolute atomic E-state index is 0.0790. The molecule has 0 heterocycles. The Labute approximate surface area is 54.6 Å². The Hall–Kier alpha value is -0.770. The predicted molar refractivity (Wildman–Crippen MR) is 36.9 cm³/mol. The van der Waals surface area contributed by atoms with Crippen molar-refractivity contribution in [3.63, 3.8) is 0 Å². The quantitative estimate of drug-likeness (QED) is 0.335. The minimum atomic E-state index is 0.0790. The molecular weight excluding hydrogens is 118 g/mol. The smallest absolute Gasteiger partial charge is 0.185 e. The van der Waals surface area contributed by atoms with E-state index in [1.165, 1.54) is 0 Å². The van der Waals surface area contributed by atoms with Crippen LogP contribution in [-0.2, 0) is 0 Å². The highest BCUT2D eigenvalue weighted by atomic mass is 16.3. The van der Waals surface area contributed by atoms with Crippen LogP contribution >= 0.6 is 0 Å². The minimum Gasteiger partial charge on any atom is -0.396 e. The summed E-state index contributed by atoms with van der Waals surface area (Å²) in [6.45, 7) is 2.49. The van der Waals surface area contributed by atoms with Gasteiger partial charge in [-0.3, -0.25) is 4.99 Å². The van der Waals surface area contributed by atoms with Gasteiger partial charge in [0.15, 0.2) is 5.96 Å². The molecule has 0 spiro atoms. The van der Waals surface area contributed by atoms with Crippen LogP contribution in [0.3, 0.4) is 0 Å². The third-order valence-electron chi connectivity index (χ3n) is 0.897. The second-order valence-electron chi connectivity index (χ2n) is 2.05. The first-order valence-electron chi connectivity index (χ1n) is 2.83. The van der Waals surface area contributed by atoms with E-state index in [1.807, 2.05) is 6.92 Å². The molecule has 0 aromatic heterocycles. The molecule has 4 heteroatoms. The zero-order chi connectivity index (χ0) is 7.28. The first kappa shape index (κ1) is 8.23. The average Bonchev–Trinajstić information content (AvgIpc) is 1.83. The van der Waals surface area contributed by atoms with Crippen LogP contribution in [-0.4, -0.2) is 24.2 Å². The number of aliphatic hydroxyl groups is 1. The van der Waals surface area contributed by atoms with Crippen LogP contribution < -0.4 is 11.5 Å². The molecule has 0 aromatic rings. The molecule has 1 atom stereocenters. The van der Waals surface area contributed by atoms with Gasteiger partial charge in [-0.25, -0.2) is 0 Å². The highest BCUT2D eigenvalue weighted by Gasteiger charge is 1.95. The summed E-state index contributed by atoms with van der Waals surface area (Å²) in [6, 6.07) is 0. The maximum Gasteiger partial charge on any atom is 0.185 e. The van der Waals surface area contributed by atoms with Gasteiger partial charge in [0.2, 0.25) is 0 Å². The molecule has 0 unspecified atom stereocenters. The second-order valence-corrected chi connectivity index (χ2v) is 2.05. The number of nitrogens with two attached hydrogens (primary N) is 2. The molecule has 0 aromatic carbocycles. The number of aliphatic hydroxyl groups excluding tert-OH is 1. The molecule has 0 amide bonds. The Kier molecular flexibility index (Phi) is 3.79. The maximum atomic E-state index is 8.50. The van der Waals surface area contributed by atoms with Gasteiger partial charge in [-0.2, -0.15) is 0 Å². The van der Waals surface area contributed by atoms with Crippen LogP contribution in [0.5, 0.6) is 0 Å². The molecule has 0 saturated carbocycles. The van der Waals surface area contributed by atoms with Gasteiger partial charge in [-0.15, -0.1) is 0 Å². The Morgan fingerprint density at radius 1 is 1.67 bits per heavy atom. The SMILES string of the molecule is C[C@H](CO)CN=C(N)N. The summed E-state index contributed by atoms with van der Waals surface area (Å²) in [4.78, 5) is 3.71. The fourth-order valence-electron chi connectivity index (χ4n) is 0.319. The van der Waals surface area contributed by atoms with Gasteiger partial charge in [0.05, 0.1) is 0 Å². The molecule has 5 N–H and O–H groups in total. The molecule has 9 heavy (non-hydrogen) atoms. The first-order chi connectivity index (χ1) is 4.16.